The number of benzene rings is 1. The Labute approximate surface area is 137 Å². The first kappa shape index (κ1) is 16.8. The number of methoxy groups -OCH3 is 1. The molecule has 0 fully saturated rings. The number of nitrogens with zero attached hydrogens (tertiary/aromatic N) is 2. The van der Waals surface area contributed by atoms with Crippen molar-refractivity contribution in [3.05, 3.63) is 29.3 Å². The minimum absolute atomic E-state index is 0.0367. The fraction of sp³-hybridized carbons (Fsp3) is 0.357. The van der Waals surface area contributed by atoms with Crippen molar-refractivity contribution < 1.29 is 13.9 Å². The molecule has 6 nitrogen and oxygen atoms in total. The number of carbonyl (C=O) groups is 1. The Morgan fingerprint density at radius 3 is 2.82 bits per heavy atom. The summed E-state index contributed by atoms with van der Waals surface area (Å²) in [7, 11) is 1.59. The highest BCUT2D eigenvalue weighted by Gasteiger charge is 2.12. The summed E-state index contributed by atoms with van der Waals surface area (Å²) in [5.41, 5.74) is 0.780. The quantitative estimate of drug-likeness (QED) is 0.780. The van der Waals surface area contributed by atoms with Crippen LogP contribution in [0.1, 0.15) is 6.92 Å². The van der Waals surface area contributed by atoms with Crippen LogP contribution < -0.4 is 5.32 Å². The SMILES string of the molecule is COCC(C)NC(=O)CSc1nnc(-c2ccc(Cl)cc2)o1. The summed E-state index contributed by atoms with van der Waals surface area (Å²) in [5, 5.41) is 11.7. The summed E-state index contributed by atoms with van der Waals surface area (Å²) >= 11 is 7.02. The number of nitrogens with one attached hydrogen (secondary N) is 1. The van der Waals surface area contributed by atoms with E-state index in [1.54, 1.807) is 31.4 Å². The van der Waals surface area contributed by atoms with Crippen LogP contribution in [-0.4, -0.2) is 41.6 Å². The molecule has 1 amide bonds. The summed E-state index contributed by atoms with van der Waals surface area (Å²) in [4.78, 5) is 11.7. The van der Waals surface area contributed by atoms with Gasteiger partial charge in [0.05, 0.1) is 12.4 Å². The van der Waals surface area contributed by atoms with Crippen molar-refractivity contribution in [2.24, 2.45) is 0 Å². The van der Waals surface area contributed by atoms with E-state index >= 15 is 0 Å². The third-order valence-electron chi connectivity index (χ3n) is 2.65. The summed E-state index contributed by atoms with van der Waals surface area (Å²) < 4.78 is 10.5. The van der Waals surface area contributed by atoms with Crippen LogP contribution in [0.15, 0.2) is 33.9 Å². The van der Waals surface area contributed by atoms with Gasteiger partial charge in [-0.05, 0) is 31.2 Å². The van der Waals surface area contributed by atoms with Crippen molar-refractivity contribution in [2.45, 2.75) is 18.2 Å². The highest BCUT2D eigenvalue weighted by molar-refractivity contribution is 7.99. The first-order valence-electron chi connectivity index (χ1n) is 6.59. The predicted octanol–water partition coefficient (Wildman–Crippen LogP) is 2.63. The third kappa shape index (κ3) is 5.01. The normalized spacial score (nSPS) is 12.1. The van der Waals surface area contributed by atoms with Crippen LogP contribution >= 0.6 is 23.4 Å². The molecule has 0 saturated carbocycles. The van der Waals surface area contributed by atoms with Crippen LogP contribution in [0.25, 0.3) is 11.5 Å². The molecule has 1 aromatic heterocycles. The van der Waals surface area contributed by atoms with Crippen LogP contribution in [0.2, 0.25) is 5.02 Å². The number of thioether (sulfide) groups is 1. The van der Waals surface area contributed by atoms with Crippen LogP contribution in [0.3, 0.4) is 0 Å². The van der Waals surface area contributed by atoms with Crippen molar-refractivity contribution in [2.75, 3.05) is 19.5 Å². The van der Waals surface area contributed by atoms with E-state index in [9.17, 15) is 4.79 Å². The summed E-state index contributed by atoms with van der Waals surface area (Å²) in [6.07, 6.45) is 0. The van der Waals surface area contributed by atoms with Gasteiger partial charge in [-0.3, -0.25) is 4.79 Å². The smallest absolute Gasteiger partial charge is 0.277 e. The van der Waals surface area contributed by atoms with E-state index in [1.165, 1.54) is 11.8 Å². The van der Waals surface area contributed by atoms with Crippen LogP contribution in [0, 0.1) is 0 Å². The van der Waals surface area contributed by atoms with Crippen molar-refractivity contribution in [3.63, 3.8) is 0 Å². The number of hydrogen-bond acceptors (Lipinski definition) is 6. The highest BCUT2D eigenvalue weighted by Crippen LogP contribution is 2.24. The number of hydrogen-bond donors (Lipinski definition) is 1. The van der Waals surface area contributed by atoms with E-state index < -0.39 is 0 Å². The molecule has 2 rings (SSSR count). The molecule has 2 aromatic rings. The molecular formula is C14H16ClN3O3S. The van der Waals surface area contributed by atoms with Crippen LogP contribution in [0.4, 0.5) is 0 Å². The van der Waals surface area contributed by atoms with E-state index in [0.29, 0.717) is 22.7 Å². The molecule has 0 aliphatic heterocycles. The molecule has 1 heterocycles. The molecule has 8 heteroatoms. The molecule has 0 aliphatic rings. The predicted molar refractivity (Wildman–Crippen MR) is 84.9 cm³/mol. The summed E-state index contributed by atoms with van der Waals surface area (Å²) in [6.45, 7) is 2.34. The lowest BCUT2D eigenvalue weighted by molar-refractivity contribution is -0.119. The molecular weight excluding hydrogens is 326 g/mol. The molecule has 0 radical (unpaired) electrons. The lowest BCUT2D eigenvalue weighted by Gasteiger charge is -2.11. The van der Waals surface area contributed by atoms with E-state index in [2.05, 4.69) is 15.5 Å². The number of carbonyl (C=O) groups excluding carboxylic acids is 1. The minimum atomic E-state index is -0.110. The molecule has 1 N–H and O–H groups in total. The molecule has 1 unspecified atom stereocenters. The largest absolute Gasteiger partial charge is 0.411 e. The Morgan fingerprint density at radius 1 is 1.41 bits per heavy atom. The van der Waals surface area contributed by atoms with Crippen molar-refractivity contribution >= 4 is 29.3 Å². The average Bonchev–Trinajstić information content (AvgIpc) is 2.95. The summed E-state index contributed by atoms with van der Waals surface area (Å²) in [6, 6.07) is 7.05. The number of halogens is 1. The molecule has 0 spiro atoms. The van der Waals surface area contributed by atoms with Gasteiger partial charge in [0, 0.05) is 23.7 Å². The standard InChI is InChI=1S/C14H16ClN3O3S/c1-9(7-20-2)16-12(19)8-22-14-18-17-13(21-14)10-3-5-11(15)6-4-10/h3-6,9H,7-8H2,1-2H3,(H,16,19). The maximum Gasteiger partial charge on any atom is 0.277 e. The van der Waals surface area contributed by atoms with E-state index in [4.69, 9.17) is 20.8 Å². The van der Waals surface area contributed by atoms with Crippen LogP contribution in [-0.2, 0) is 9.53 Å². The van der Waals surface area contributed by atoms with Crippen molar-refractivity contribution in [1.29, 1.82) is 0 Å². The van der Waals surface area contributed by atoms with Gasteiger partial charge < -0.3 is 14.5 Å². The topological polar surface area (TPSA) is 77.2 Å². The fourth-order valence-corrected chi connectivity index (χ4v) is 2.41. The second-order valence-electron chi connectivity index (χ2n) is 4.59. The zero-order chi connectivity index (χ0) is 15.9. The highest BCUT2D eigenvalue weighted by atomic mass is 35.5. The van der Waals surface area contributed by atoms with E-state index in [-0.39, 0.29) is 17.7 Å². The Balaban J connectivity index is 1.87. The second kappa shape index (κ2) is 8.17. The third-order valence-corrected chi connectivity index (χ3v) is 3.72. The Morgan fingerprint density at radius 2 is 2.14 bits per heavy atom. The van der Waals surface area contributed by atoms with Gasteiger partial charge in [-0.2, -0.15) is 0 Å². The van der Waals surface area contributed by atoms with Gasteiger partial charge in [-0.15, -0.1) is 10.2 Å². The lowest BCUT2D eigenvalue weighted by atomic mass is 10.2. The van der Waals surface area contributed by atoms with Gasteiger partial charge in [0.25, 0.3) is 5.22 Å². The summed E-state index contributed by atoms with van der Waals surface area (Å²) in [5.74, 6) is 0.490. The number of aromatic nitrogens is 2. The number of ether oxygens (including phenoxy) is 1. The first-order chi connectivity index (χ1) is 10.6. The van der Waals surface area contributed by atoms with Gasteiger partial charge in [0.15, 0.2) is 0 Å². The maximum absolute atomic E-state index is 11.7. The molecule has 0 bridgehead atoms. The Bertz CT molecular complexity index is 618. The van der Waals surface area contributed by atoms with E-state index in [1.807, 2.05) is 6.92 Å². The maximum atomic E-state index is 11.7. The van der Waals surface area contributed by atoms with Gasteiger partial charge in [0.2, 0.25) is 11.8 Å². The molecule has 0 saturated heterocycles. The molecule has 22 heavy (non-hydrogen) atoms. The second-order valence-corrected chi connectivity index (χ2v) is 5.96. The zero-order valence-corrected chi connectivity index (χ0v) is 13.8. The van der Waals surface area contributed by atoms with E-state index in [0.717, 1.165) is 5.56 Å². The zero-order valence-electron chi connectivity index (χ0n) is 12.2. The van der Waals surface area contributed by atoms with Gasteiger partial charge in [-0.1, -0.05) is 23.4 Å². The Hall–Kier alpha value is -1.57. The number of amides is 1. The molecule has 118 valence electrons. The van der Waals surface area contributed by atoms with Crippen LogP contribution in [0.5, 0.6) is 0 Å². The number of rotatable bonds is 7. The monoisotopic (exact) mass is 341 g/mol. The van der Waals surface area contributed by atoms with Gasteiger partial charge in [0.1, 0.15) is 0 Å². The Kier molecular flexibility index (Phi) is 6.23. The van der Waals surface area contributed by atoms with Gasteiger partial charge in [-0.25, -0.2) is 0 Å². The van der Waals surface area contributed by atoms with Crippen molar-refractivity contribution in [3.8, 4) is 11.5 Å². The minimum Gasteiger partial charge on any atom is -0.411 e. The lowest BCUT2D eigenvalue weighted by Crippen LogP contribution is -2.36. The first-order valence-corrected chi connectivity index (χ1v) is 7.95. The molecule has 0 aliphatic carbocycles. The fourth-order valence-electron chi connectivity index (χ4n) is 1.71. The molecule has 1 atom stereocenters. The van der Waals surface area contributed by atoms with Crippen molar-refractivity contribution in [1.82, 2.24) is 15.5 Å². The van der Waals surface area contributed by atoms with Gasteiger partial charge >= 0.3 is 0 Å². The molecule has 1 aromatic carbocycles. The average molecular weight is 342 g/mol.